The first-order chi connectivity index (χ1) is 21.1. The quantitative estimate of drug-likeness (QED) is 0.242. The third kappa shape index (κ3) is 5.00. The summed E-state index contributed by atoms with van der Waals surface area (Å²) in [6.07, 6.45) is 7.58. The Morgan fingerprint density at radius 2 is 1.53 bits per heavy atom. The summed E-state index contributed by atoms with van der Waals surface area (Å²) in [4.78, 5) is 27.5. The molecular weight excluding hydrogens is 528 g/mol. The van der Waals surface area contributed by atoms with E-state index in [0.29, 0.717) is 23.4 Å². The summed E-state index contributed by atoms with van der Waals surface area (Å²) < 4.78 is 0. The van der Waals surface area contributed by atoms with Crippen molar-refractivity contribution in [3.05, 3.63) is 158 Å². The van der Waals surface area contributed by atoms with E-state index in [2.05, 4.69) is 47.8 Å². The second kappa shape index (κ2) is 11.3. The molecule has 5 aromatic carbocycles. The Balaban J connectivity index is 1.18. The van der Waals surface area contributed by atoms with Gasteiger partial charge >= 0.3 is 0 Å². The molecular formula is C39H32N2O2. The van der Waals surface area contributed by atoms with Crippen LogP contribution in [0.15, 0.2) is 109 Å². The minimum atomic E-state index is -0.357. The second-order valence-electron chi connectivity index (χ2n) is 11.3. The zero-order valence-electron chi connectivity index (χ0n) is 23.8. The van der Waals surface area contributed by atoms with Crippen LogP contribution in [0, 0.1) is 10.4 Å². The Kier molecular flexibility index (Phi) is 7.06. The summed E-state index contributed by atoms with van der Waals surface area (Å²) in [6, 6.07) is 35.5. The topological polar surface area (TPSA) is 72.2 Å². The minimum Gasteiger partial charge on any atom is -0.326 e. The molecule has 43 heavy (non-hydrogen) atoms. The molecule has 2 aliphatic rings. The molecule has 1 unspecified atom stereocenters. The van der Waals surface area contributed by atoms with Gasteiger partial charge in [0, 0.05) is 23.4 Å². The summed E-state index contributed by atoms with van der Waals surface area (Å²) in [7, 11) is 0. The third-order valence-corrected chi connectivity index (χ3v) is 8.68. The van der Waals surface area contributed by atoms with Gasteiger partial charge in [0.1, 0.15) is 0 Å². The predicted molar refractivity (Wildman–Crippen MR) is 173 cm³/mol. The summed E-state index contributed by atoms with van der Waals surface area (Å²) in [5.41, 5.74) is 12.9. The molecule has 4 nitrogen and oxygen atoms in total. The molecule has 4 heteroatoms. The van der Waals surface area contributed by atoms with Crippen molar-refractivity contribution in [2.24, 2.45) is 5.73 Å². The highest BCUT2D eigenvalue weighted by Gasteiger charge is 2.26. The molecule has 2 aliphatic carbocycles. The lowest BCUT2D eigenvalue weighted by atomic mass is 9.80. The molecule has 1 atom stereocenters. The largest absolute Gasteiger partial charge is 0.326 e. The summed E-state index contributed by atoms with van der Waals surface area (Å²) in [5.74, 6) is -0.491. The van der Waals surface area contributed by atoms with Crippen LogP contribution < -0.4 is 21.5 Å². The number of amides is 1. The lowest BCUT2D eigenvalue weighted by molar-refractivity contribution is 0.0979. The molecule has 7 rings (SSSR count). The maximum absolute atomic E-state index is 14.1. The first kappa shape index (κ1) is 26.8. The number of fused-ring (bicyclic) bond motifs is 4. The monoisotopic (exact) mass is 560 g/mol. The third-order valence-electron chi connectivity index (χ3n) is 8.68. The first-order valence-corrected chi connectivity index (χ1v) is 14.9. The highest BCUT2D eigenvalue weighted by Crippen LogP contribution is 2.31. The van der Waals surface area contributed by atoms with Gasteiger partial charge in [-0.05, 0) is 98.3 Å². The van der Waals surface area contributed by atoms with Crippen LogP contribution in [-0.2, 0) is 13.0 Å². The van der Waals surface area contributed by atoms with Crippen LogP contribution in [0.4, 0.5) is 5.69 Å². The van der Waals surface area contributed by atoms with Gasteiger partial charge in [-0.25, -0.2) is 0 Å². The smallest absolute Gasteiger partial charge is 0.256 e. The van der Waals surface area contributed by atoms with Crippen LogP contribution in [0.5, 0.6) is 0 Å². The molecule has 210 valence electrons. The van der Waals surface area contributed by atoms with Crippen LogP contribution >= 0.6 is 0 Å². The fourth-order valence-corrected chi connectivity index (χ4v) is 6.48. The molecule has 0 bridgehead atoms. The van der Waals surface area contributed by atoms with E-state index in [1.54, 1.807) is 0 Å². The van der Waals surface area contributed by atoms with Crippen LogP contribution in [-0.4, -0.2) is 11.7 Å². The van der Waals surface area contributed by atoms with Gasteiger partial charge in [0.05, 0.1) is 5.92 Å². The minimum absolute atomic E-state index is 0.0684. The molecule has 0 fully saturated rings. The van der Waals surface area contributed by atoms with Crippen LogP contribution in [0.3, 0.4) is 0 Å². The van der Waals surface area contributed by atoms with Gasteiger partial charge in [-0.15, -0.1) is 0 Å². The number of nitrogens with one attached hydrogen (secondary N) is 1. The van der Waals surface area contributed by atoms with Crippen molar-refractivity contribution in [2.45, 2.75) is 31.7 Å². The average molecular weight is 561 g/mol. The lowest BCUT2D eigenvalue weighted by Gasteiger charge is -2.23. The number of carbonyl (C=O) groups is 2. The molecule has 5 aromatic rings. The van der Waals surface area contributed by atoms with Gasteiger partial charge in [0.2, 0.25) is 0 Å². The van der Waals surface area contributed by atoms with Gasteiger partial charge in [-0.2, -0.15) is 0 Å². The maximum Gasteiger partial charge on any atom is 0.256 e. The fourth-order valence-electron chi connectivity index (χ4n) is 6.48. The maximum atomic E-state index is 14.1. The second-order valence-corrected chi connectivity index (χ2v) is 11.3. The van der Waals surface area contributed by atoms with E-state index in [0.717, 1.165) is 52.0 Å². The van der Waals surface area contributed by atoms with Crippen molar-refractivity contribution < 1.29 is 9.59 Å². The van der Waals surface area contributed by atoms with Crippen molar-refractivity contribution in [3.8, 4) is 11.1 Å². The molecule has 3 N–H and O–H groups in total. The van der Waals surface area contributed by atoms with E-state index in [-0.39, 0.29) is 17.6 Å². The average Bonchev–Trinajstić information content (AvgIpc) is 3.07. The van der Waals surface area contributed by atoms with E-state index in [1.165, 1.54) is 16.0 Å². The number of rotatable bonds is 6. The molecule has 0 spiro atoms. The van der Waals surface area contributed by atoms with Gasteiger partial charge in [-0.1, -0.05) is 91.0 Å². The molecule has 1 amide bonds. The van der Waals surface area contributed by atoms with Crippen LogP contribution in [0.1, 0.15) is 56.2 Å². The van der Waals surface area contributed by atoms with Crippen molar-refractivity contribution in [3.63, 3.8) is 0 Å². The number of anilines is 1. The molecule has 0 saturated heterocycles. The van der Waals surface area contributed by atoms with Crippen molar-refractivity contribution in [2.75, 3.05) is 5.32 Å². The summed E-state index contributed by atoms with van der Waals surface area (Å²) in [6.45, 7) is 0.473. The zero-order valence-corrected chi connectivity index (χ0v) is 23.8. The fraction of sp³-hybridized carbons (Fsp3) is 0.128. The Hall–Kier alpha value is -5.06. The highest BCUT2D eigenvalue weighted by atomic mass is 16.1. The van der Waals surface area contributed by atoms with Gasteiger partial charge < -0.3 is 11.1 Å². The van der Waals surface area contributed by atoms with Gasteiger partial charge in [-0.3, -0.25) is 9.59 Å². The molecule has 0 saturated carbocycles. The molecule has 0 radical (unpaired) electrons. The Labute approximate surface area is 250 Å². The van der Waals surface area contributed by atoms with Crippen LogP contribution in [0.25, 0.3) is 23.3 Å². The highest BCUT2D eigenvalue weighted by molar-refractivity contribution is 6.09. The zero-order chi connectivity index (χ0) is 29.3. The standard InChI is InChI=1S/C39H32N2O2/c40-24-25-13-15-27(16-14-25)31-9-5-6-12-35(31)39(43)41-30-20-17-28(18-21-30)38(42)36-23-29-8-2-3-10-32(29)34-22-19-26-7-1-4-11-33(26)37(34)36/h2-3,5-10,12-23,36H,1,4,11,24,40H2,(H,41,43). The Bertz CT molecular complexity index is 2100. The van der Waals surface area contributed by atoms with E-state index >= 15 is 0 Å². The number of benzene rings is 5. The van der Waals surface area contributed by atoms with E-state index in [1.807, 2.05) is 78.9 Å². The molecule has 0 heterocycles. The van der Waals surface area contributed by atoms with Crippen molar-refractivity contribution in [1.29, 1.82) is 0 Å². The number of hydrogen-bond acceptors (Lipinski definition) is 3. The Morgan fingerprint density at radius 1 is 0.767 bits per heavy atom. The van der Waals surface area contributed by atoms with E-state index in [9.17, 15) is 9.59 Å². The van der Waals surface area contributed by atoms with E-state index < -0.39 is 0 Å². The van der Waals surface area contributed by atoms with Gasteiger partial charge in [0.15, 0.2) is 5.78 Å². The lowest BCUT2D eigenvalue weighted by Crippen LogP contribution is -2.25. The SMILES string of the molecule is NCc1ccc(-c2ccccc2C(=O)Nc2ccc(C(=O)C3C=c4ccccc4=c4ccc5c(c43)CCCC=5)cc2)cc1. The predicted octanol–water partition coefficient (Wildman–Crippen LogP) is 6.23. The molecule has 0 aromatic heterocycles. The van der Waals surface area contributed by atoms with E-state index in [4.69, 9.17) is 5.73 Å². The number of carbonyl (C=O) groups excluding carboxylic acids is 2. The summed E-state index contributed by atoms with van der Waals surface area (Å²) >= 11 is 0. The normalized spacial score (nSPS) is 14.8. The first-order valence-electron chi connectivity index (χ1n) is 14.9. The number of nitrogens with two attached hydrogens (primary N) is 1. The summed E-state index contributed by atoms with van der Waals surface area (Å²) in [5, 5.41) is 7.71. The molecule has 0 aliphatic heterocycles. The number of ketones is 1. The van der Waals surface area contributed by atoms with Crippen LogP contribution in [0.2, 0.25) is 0 Å². The number of hydrogen-bond donors (Lipinski definition) is 2. The van der Waals surface area contributed by atoms with Gasteiger partial charge in [0.25, 0.3) is 5.91 Å². The van der Waals surface area contributed by atoms with Crippen molar-refractivity contribution in [1.82, 2.24) is 0 Å². The number of Topliss-reactive ketones (excluding diaryl/α,β-unsaturated/α-hetero) is 1. The Morgan fingerprint density at radius 3 is 2.35 bits per heavy atom. The van der Waals surface area contributed by atoms with Crippen molar-refractivity contribution >= 4 is 29.5 Å².